The summed E-state index contributed by atoms with van der Waals surface area (Å²) < 4.78 is 5.60. The van der Waals surface area contributed by atoms with Crippen LogP contribution in [0.2, 0.25) is 0 Å². The minimum absolute atomic E-state index is 0.00953. The summed E-state index contributed by atoms with van der Waals surface area (Å²) in [6.45, 7) is 10.6. The third kappa shape index (κ3) is 3.84. The van der Waals surface area contributed by atoms with E-state index in [1.807, 2.05) is 26.8 Å². The van der Waals surface area contributed by atoms with Crippen LogP contribution in [0, 0.1) is 27.4 Å². The second-order valence-corrected chi connectivity index (χ2v) is 7.47. The zero-order valence-electron chi connectivity index (χ0n) is 15.7. The number of nitrogens with zero attached hydrogens (tertiary/aromatic N) is 1. The molecule has 0 aliphatic heterocycles. The normalized spacial score (nSPS) is 27.8. The molecule has 3 atom stereocenters. The van der Waals surface area contributed by atoms with Crippen LogP contribution in [-0.4, -0.2) is 22.8 Å². The van der Waals surface area contributed by atoms with Gasteiger partial charge in [0.15, 0.2) is 5.78 Å². The largest absolute Gasteiger partial charge is 0.457 e. The molecule has 2 aliphatic rings. The van der Waals surface area contributed by atoms with Crippen LogP contribution in [0.3, 0.4) is 0 Å². The summed E-state index contributed by atoms with van der Waals surface area (Å²) in [5, 5.41) is 10.8. The Hall–Kier alpha value is -2.50. The Morgan fingerprint density at radius 1 is 1.46 bits per heavy atom. The smallest absolute Gasteiger partial charge is 0.310 e. The van der Waals surface area contributed by atoms with Gasteiger partial charge in [-0.3, -0.25) is 19.7 Å². The lowest BCUT2D eigenvalue weighted by Crippen LogP contribution is -2.20. The SMILES string of the molecule is C=C/C=C/CC1=C(C)C(OC(=O)C2C(/C=C(\C)[N+](=O)[O-])C2(C)C)CC1=O. The average molecular weight is 359 g/mol. The fourth-order valence-corrected chi connectivity index (χ4v) is 3.52. The minimum Gasteiger partial charge on any atom is -0.457 e. The van der Waals surface area contributed by atoms with Gasteiger partial charge in [0.2, 0.25) is 5.70 Å². The van der Waals surface area contributed by atoms with Crippen LogP contribution in [-0.2, 0) is 14.3 Å². The van der Waals surface area contributed by atoms with Crippen molar-refractivity contribution in [2.75, 3.05) is 0 Å². The standard InChI is InChI=1S/C20H25NO5/c1-6-7-8-9-14-13(3)17(11-16(14)22)26-19(23)18-15(20(18,4)5)10-12(2)21(24)25/h6-8,10,15,17-18H,1,9,11H2,2-5H3/b8-7+,12-10+. The number of nitro groups is 1. The van der Waals surface area contributed by atoms with Crippen molar-refractivity contribution in [3.8, 4) is 0 Å². The topological polar surface area (TPSA) is 86.5 Å². The molecular formula is C20H25NO5. The van der Waals surface area contributed by atoms with E-state index < -0.39 is 22.9 Å². The van der Waals surface area contributed by atoms with Gasteiger partial charge in [-0.05, 0) is 30.4 Å². The van der Waals surface area contributed by atoms with Gasteiger partial charge in [-0.25, -0.2) is 0 Å². The van der Waals surface area contributed by atoms with Crippen LogP contribution in [0.5, 0.6) is 0 Å². The van der Waals surface area contributed by atoms with Crippen LogP contribution < -0.4 is 0 Å². The van der Waals surface area contributed by atoms with Crippen LogP contribution in [0.4, 0.5) is 0 Å². The highest BCUT2D eigenvalue weighted by Crippen LogP contribution is 2.60. The lowest BCUT2D eigenvalue weighted by atomic mass is 10.1. The highest BCUT2D eigenvalue weighted by Gasteiger charge is 2.62. The number of carbonyl (C=O) groups excluding carboxylic acids is 2. The molecule has 6 heteroatoms. The average Bonchev–Trinajstić information content (AvgIpc) is 2.99. The zero-order valence-corrected chi connectivity index (χ0v) is 15.7. The van der Waals surface area contributed by atoms with E-state index in [1.54, 1.807) is 12.2 Å². The molecule has 0 bridgehead atoms. The Morgan fingerprint density at radius 3 is 2.69 bits per heavy atom. The molecule has 1 saturated carbocycles. The molecule has 0 amide bonds. The second-order valence-electron chi connectivity index (χ2n) is 7.47. The molecule has 6 nitrogen and oxygen atoms in total. The van der Waals surface area contributed by atoms with Gasteiger partial charge in [-0.1, -0.05) is 38.7 Å². The van der Waals surface area contributed by atoms with Gasteiger partial charge >= 0.3 is 5.97 Å². The molecule has 0 saturated heterocycles. The summed E-state index contributed by atoms with van der Waals surface area (Å²) in [5.74, 6) is -1.06. The summed E-state index contributed by atoms with van der Waals surface area (Å²) >= 11 is 0. The molecule has 0 radical (unpaired) electrons. The Balaban J connectivity index is 2.07. The maximum absolute atomic E-state index is 12.6. The number of hydrogen-bond acceptors (Lipinski definition) is 5. The van der Waals surface area contributed by atoms with Crippen LogP contribution in [0.1, 0.15) is 40.5 Å². The van der Waals surface area contributed by atoms with Crippen molar-refractivity contribution in [2.45, 2.75) is 46.6 Å². The molecule has 2 aliphatic carbocycles. The Labute approximate surface area is 153 Å². The molecule has 0 aromatic carbocycles. The van der Waals surface area contributed by atoms with Crippen molar-refractivity contribution in [1.82, 2.24) is 0 Å². The molecule has 26 heavy (non-hydrogen) atoms. The van der Waals surface area contributed by atoms with E-state index in [0.717, 1.165) is 5.57 Å². The predicted molar refractivity (Wildman–Crippen MR) is 97.7 cm³/mol. The molecule has 0 spiro atoms. The van der Waals surface area contributed by atoms with E-state index in [9.17, 15) is 19.7 Å². The van der Waals surface area contributed by atoms with Crippen molar-refractivity contribution < 1.29 is 19.2 Å². The highest BCUT2D eigenvalue weighted by molar-refractivity contribution is 6.00. The fourth-order valence-electron chi connectivity index (χ4n) is 3.52. The van der Waals surface area contributed by atoms with Crippen LogP contribution >= 0.6 is 0 Å². The number of esters is 1. The van der Waals surface area contributed by atoms with Crippen molar-refractivity contribution in [2.24, 2.45) is 17.3 Å². The van der Waals surface area contributed by atoms with Gasteiger partial charge in [0.05, 0.1) is 17.3 Å². The zero-order chi connectivity index (χ0) is 19.6. The Kier molecular flexibility index (Phi) is 5.64. The van der Waals surface area contributed by atoms with Gasteiger partial charge in [-0.2, -0.15) is 0 Å². The number of ether oxygens (including phenoxy) is 1. The Morgan fingerprint density at radius 2 is 2.12 bits per heavy atom. The van der Waals surface area contributed by atoms with Gasteiger partial charge in [0.25, 0.3) is 0 Å². The first-order chi connectivity index (χ1) is 12.1. The van der Waals surface area contributed by atoms with Crippen LogP contribution in [0.25, 0.3) is 0 Å². The molecule has 140 valence electrons. The van der Waals surface area contributed by atoms with E-state index in [0.29, 0.717) is 12.0 Å². The summed E-state index contributed by atoms with van der Waals surface area (Å²) in [6.07, 6.45) is 6.90. The monoisotopic (exact) mass is 359 g/mol. The lowest BCUT2D eigenvalue weighted by Gasteiger charge is -2.13. The molecule has 0 heterocycles. The van der Waals surface area contributed by atoms with E-state index in [4.69, 9.17) is 4.74 Å². The molecule has 0 N–H and O–H groups in total. The minimum atomic E-state index is -0.542. The first-order valence-electron chi connectivity index (χ1n) is 8.65. The van der Waals surface area contributed by atoms with Gasteiger partial charge in [-0.15, -0.1) is 0 Å². The highest BCUT2D eigenvalue weighted by atomic mass is 16.6. The van der Waals surface area contributed by atoms with Gasteiger partial charge in [0.1, 0.15) is 6.10 Å². The predicted octanol–water partition coefficient (Wildman–Crippen LogP) is 3.77. The quantitative estimate of drug-likeness (QED) is 0.299. The first kappa shape index (κ1) is 19.8. The number of carbonyl (C=O) groups is 2. The van der Waals surface area contributed by atoms with Crippen molar-refractivity contribution in [3.05, 3.63) is 57.8 Å². The summed E-state index contributed by atoms with van der Waals surface area (Å²) in [6, 6.07) is 0. The third-order valence-electron chi connectivity index (χ3n) is 5.39. The maximum Gasteiger partial charge on any atom is 0.310 e. The molecule has 2 rings (SSSR count). The maximum atomic E-state index is 12.6. The second kappa shape index (κ2) is 7.40. The molecule has 0 aromatic heterocycles. The molecule has 0 aromatic rings. The Bertz CT molecular complexity index is 741. The third-order valence-corrected chi connectivity index (χ3v) is 5.39. The summed E-state index contributed by atoms with van der Waals surface area (Å²) in [7, 11) is 0. The lowest BCUT2D eigenvalue weighted by molar-refractivity contribution is -0.424. The van der Waals surface area contributed by atoms with E-state index >= 15 is 0 Å². The summed E-state index contributed by atoms with van der Waals surface area (Å²) in [5.41, 5.74) is 1.10. The van der Waals surface area contributed by atoms with Crippen molar-refractivity contribution >= 4 is 11.8 Å². The number of hydrogen-bond donors (Lipinski definition) is 0. The summed E-state index contributed by atoms with van der Waals surface area (Å²) in [4.78, 5) is 35.1. The van der Waals surface area contributed by atoms with Crippen molar-refractivity contribution in [3.63, 3.8) is 0 Å². The number of Topliss-reactive ketones (excluding diaryl/α,β-unsaturated/α-hetero) is 1. The number of ketones is 1. The number of allylic oxidation sites excluding steroid dienone is 6. The van der Waals surface area contributed by atoms with E-state index in [1.165, 1.54) is 13.0 Å². The molecular weight excluding hydrogens is 334 g/mol. The van der Waals surface area contributed by atoms with Crippen molar-refractivity contribution in [1.29, 1.82) is 0 Å². The van der Waals surface area contributed by atoms with Crippen LogP contribution in [0.15, 0.2) is 47.7 Å². The first-order valence-corrected chi connectivity index (χ1v) is 8.65. The molecule has 1 fully saturated rings. The molecule has 3 unspecified atom stereocenters. The van der Waals surface area contributed by atoms with E-state index in [2.05, 4.69) is 6.58 Å². The van der Waals surface area contributed by atoms with E-state index in [-0.39, 0.29) is 29.2 Å². The number of rotatable bonds is 7. The van der Waals surface area contributed by atoms with Gasteiger partial charge < -0.3 is 4.74 Å². The van der Waals surface area contributed by atoms with Gasteiger partial charge in [0, 0.05) is 18.4 Å². The fraction of sp³-hybridized carbons (Fsp3) is 0.500.